The summed E-state index contributed by atoms with van der Waals surface area (Å²) in [5.74, 6) is 0. The molecule has 0 amide bonds. The molecule has 0 spiro atoms. The Labute approximate surface area is 164 Å². The van der Waals surface area contributed by atoms with Crippen LogP contribution < -0.4 is 4.90 Å². The van der Waals surface area contributed by atoms with Gasteiger partial charge in [0.15, 0.2) is 5.65 Å². The van der Waals surface area contributed by atoms with Crippen LogP contribution in [-0.2, 0) is 6.54 Å². The number of benzene rings is 1. The number of nitrogens with zero attached hydrogens (tertiary/aromatic N) is 7. The van der Waals surface area contributed by atoms with E-state index in [-0.39, 0.29) is 0 Å². The predicted octanol–water partition coefficient (Wildman–Crippen LogP) is 2.98. The molecule has 7 heteroatoms. The molecule has 0 radical (unpaired) electrons. The summed E-state index contributed by atoms with van der Waals surface area (Å²) in [6.45, 7) is 9.56. The van der Waals surface area contributed by atoms with E-state index >= 15 is 0 Å². The highest BCUT2D eigenvalue weighted by Crippen LogP contribution is 2.26. The van der Waals surface area contributed by atoms with Crippen molar-refractivity contribution in [2.75, 3.05) is 31.1 Å². The van der Waals surface area contributed by atoms with Gasteiger partial charge in [-0.3, -0.25) is 4.90 Å². The van der Waals surface area contributed by atoms with E-state index in [1.807, 2.05) is 6.20 Å². The molecule has 0 unspecified atom stereocenters. The molecule has 0 aliphatic carbocycles. The lowest BCUT2D eigenvalue weighted by molar-refractivity contribution is 0.250. The number of hydrogen-bond acceptors (Lipinski definition) is 5. The SMILES string of the molecule is CC(C)n1cc(CN2CCN(c3cnn4cnnc4c3)CC2)c2ccccc21. The average molecular weight is 375 g/mol. The topological polar surface area (TPSA) is 54.5 Å². The van der Waals surface area contributed by atoms with E-state index in [1.165, 1.54) is 16.5 Å². The van der Waals surface area contributed by atoms with Crippen molar-refractivity contribution >= 4 is 22.2 Å². The Balaban J connectivity index is 1.30. The van der Waals surface area contributed by atoms with Crippen LogP contribution in [0, 0.1) is 0 Å². The molecular weight excluding hydrogens is 350 g/mol. The molecule has 0 atom stereocenters. The molecule has 0 N–H and O–H groups in total. The zero-order valence-electron chi connectivity index (χ0n) is 16.4. The van der Waals surface area contributed by atoms with Gasteiger partial charge < -0.3 is 9.47 Å². The van der Waals surface area contributed by atoms with Crippen LogP contribution in [0.15, 0.2) is 49.1 Å². The summed E-state index contributed by atoms with van der Waals surface area (Å²) in [6, 6.07) is 11.3. The maximum absolute atomic E-state index is 4.39. The van der Waals surface area contributed by atoms with E-state index in [0.717, 1.165) is 44.1 Å². The van der Waals surface area contributed by atoms with Crippen molar-refractivity contribution in [3.63, 3.8) is 0 Å². The smallest absolute Gasteiger partial charge is 0.179 e. The van der Waals surface area contributed by atoms with Crippen LogP contribution in [0.4, 0.5) is 5.69 Å². The van der Waals surface area contributed by atoms with E-state index < -0.39 is 0 Å². The molecule has 1 aliphatic rings. The Bertz CT molecular complexity index is 1100. The summed E-state index contributed by atoms with van der Waals surface area (Å²) in [7, 11) is 0. The number of aromatic nitrogens is 5. The van der Waals surface area contributed by atoms with Gasteiger partial charge >= 0.3 is 0 Å². The summed E-state index contributed by atoms with van der Waals surface area (Å²) in [6.07, 6.45) is 5.87. The zero-order valence-corrected chi connectivity index (χ0v) is 16.4. The van der Waals surface area contributed by atoms with Crippen LogP contribution in [0.2, 0.25) is 0 Å². The van der Waals surface area contributed by atoms with Crippen LogP contribution in [-0.4, -0.2) is 55.5 Å². The highest BCUT2D eigenvalue weighted by molar-refractivity contribution is 5.84. The Kier molecular flexibility index (Phi) is 4.24. The van der Waals surface area contributed by atoms with Crippen molar-refractivity contribution in [2.24, 2.45) is 0 Å². The molecule has 144 valence electrons. The molecule has 28 heavy (non-hydrogen) atoms. The van der Waals surface area contributed by atoms with Crippen LogP contribution in [0.5, 0.6) is 0 Å². The largest absolute Gasteiger partial charge is 0.368 e. The fourth-order valence-corrected chi connectivity index (χ4v) is 4.12. The van der Waals surface area contributed by atoms with Gasteiger partial charge in [-0.1, -0.05) is 18.2 Å². The second kappa shape index (κ2) is 6.91. The molecule has 5 rings (SSSR count). The minimum absolute atomic E-state index is 0.468. The van der Waals surface area contributed by atoms with Crippen molar-refractivity contribution in [1.82, 2.24) is 29.3 Å². The van der Waals surface area contributed by atoms with Gasteiger partial charge in [0.1, 0.15) is 6.33 Å². The van der Waals surface area contributed by atoms with Gasteiger partial charge in [-0.05, 0) is 25.5 Å². The first kappa shape index (κ1) is 17.2. The van der Waals surface area contributed by atoms with E-state index in [1.54, 1.807) is 10.8 Å². The summed E-state index contributed by atoms with van der Waals surface area (Å²) in [5.41, 5.74) is 4.67. The first-order valence-corrected chi connectivity index (χ1v) is 9.91. The Morgan fingerprint density at radius 2 is 1.89 bits per heavy atom. The Hall–Kier alpha value is -2.93. The number of hydrogen-bond donors (Lipinski definition) is 0. The number of fused-ring (bicyclic) bond motifs is 2. The van der Waals surface area contributed by atoms with Crippen molar-refractivity contribution in [3.05, 3.63) is 54.6 Å². The van der Waals surface area contributed by atoms with Gasteiger partial charge in [-0.25, -0.2) is 4.52 Å². The fraction of sp³-hybridized carbons (Fsp3) is 0.381. The number of rotatable bonds is 4. The van der Waals surface area contributed by atoms with Crippen molar-refractivity contribution in [1.29, 1.82) is 0 Å². The maximum atomic E-state index is 4.39. The molecule has 7 nitrogen and oxygen atoms in total. The van der Waals surface area contributed by atoms with Crippen molar-refractivity contribution in [2.45, 2.75) is 26.4 Å². The third-order valence-corrected chi connectivity index (χ3v) is 5.66. The minimum atomic E-state index is 0.468. The van der Waals surface area contributed by atoms with Crippen molar-refractivity contribution in [3.8, 4) is 0 Å². The highest BCUT2D eigenvalue weighted by atomic mass is 15.3. The normalized spacial score (nSPS) is 15.9. The standard InChI is InChI=1S/C21H25N7/c1-16(2)27-14-17(19-5-3-4-6-20(19)27)13-25-7-9-26(10-8-25)18-11-21-24-22-15-28(21)23-12-18/h3-6,11-12,14-16H,7-10,13H2,1-2H3. The molecule has 1 fully saturated rings. The molecular formula is C21H25N7. The van der Waals surface area contributed by atoms with Gasteiger partial charge in [0.2, 0.25) is 0 Å². The fourth-order valence-electron chi connectivity index (χ4n) is 4.12. The van der Waals surface area contributed by atoms with Crippen LogP contribution in [0.3, 0.4) is 0 Å². The van der Waals surface area contributed by atoms with Crippen molar-refractivity contribution < 1.29 is 0 Å². The van der Waals surface area contributed by atoms with Crippen LogP contribution in [0.1, 0.15) is 25.5 Å². The average Bonchev–Trinajstić information content (AvgIpc) is 3.33. The molecule has 4 aromatic rings. The van der Waals surface area contributed by atoms with Gasteiger partial charge in [-0.2, -0.15) is 5.10 Å². The van der Waals surface area contributed by atoms with Crippen LogP contribution in [0.25, 0.3) is 16.6 Å². The molecule has 0 bridgehead atoms. The quantitative estimate of drug-likeness (QED) is 0.549. The van der Waals surface area contributed by atoms with Crippen LogP contribution >= 0.6 is 0 Å². The summed E-state index contributed by atoms with van der Waals surface area (Å²) < 4.78 is 4.09. The van der Waals surface area contributed by atoms with Gasteiger partial charge in [0.25, 0.3) is 0 Å². The van der Waals surface area contributed by atoms with E-state index in [9.17, 15) is 0 Å². The number of para-hydroxylation sites is 1. The first-order chi connectivity index (χ1) is 13.7. The maximum Gasteiger partial charge on any atom is 0.179 e. The third kappa shape index (κ3) is 3.01. The first-order valence-electron chi connectivity index (χ1n) is 9.91. The lowest BCUT2D eigenvalue weighted by Crippen LogP contribution is -2.46. The second-order valence-corrected chi connectivity index (χ2v) is 7.78. The summed E-state index contributed by atoms with van der Waals surface area (Å²) in [5, 5.41) is 13.8. The number of piperazine rings is 1. The van der Waals surface area contributed by atoms with E-state index in [2.05, 4.69) is 80.0 Å². The van der Waals surface area contributed by atoms with E-state index in [4.69, 9.17) is 0 Å². The summed E-state index contributed by atoms with van der Waals surface area (Å²) >= 11 is 0. The Morgan fingerprint density at radius 1 is 1.07 bits per heavy atom. The predicted molar refractivity (Wildman–Crippen MR) is 111 cm³/mol. The highest BCUT2D eigenvalue weighted by Gasteiger charge is 2.20. The van der Waals surface area contributed by atoms with Gasteiger partial charge in [0, 0.05) is 61.9 Å². The second-order valence-electron chi connectivity index (χ2n) is 7.78. The third-order valence-electron chi connectivity index (χ3n) is 5.66. The molecule has 1 saturated heterocycles. The molecule has 4 heterocycles. The van der Waals surface area contributed by atoms with Gasteiger partial charge in [-0.15, -0.1) is 10.2 Å². The number of anilines is 1. The molecule has 0 saturated carbocycles. The lowest BCUT2D eigenvalue weighted by atomic mass is 10.1. The molecule has 1 aliphatic heterocycles. The molecule has 3 aromatic heterocycles. The minimum Gasteiger partial charge on any atom is -0.368 e. The van der Waals surface area contributed by atoms with E-state index in [0.29, 0.717) is 6.04 Å². The van der Waals surface area contributed by atoms with Gasteiger partial charge in [0.05, 0.1) is 11.9 Å². The monoisotopic (exact) mass is 375 g/mol. The summed E-state index contributed by atoms with van der Waals surface area (Å²) in [4.78, 5) is 4.93. The Morgan fingerprint density at radius 3 is 2.71 bits per heavy atom. The zero-order chi connectivity index (χ0) is 19.1. The molecule has 1 aromatic carbocycles. The lowest BCUT2D eigenvalue weighted by Gasteiger charge is -2.35.